The van der Waals surface area contributed by atoms with Crippen LogP contribution in [0.3, 0.4) is 0 Å². The van der Waals surface area contributed by atoms with Gasteiger partial charge in [0.25, 0.3) is 5.91 Å². The molecule has 0 unspecified atom stereocenters. The van der Waals surface area contributed by atoms with Gasteiger partial charge in [0.05, 0.1) is 12.8 Å². The lowest BCUT2D eigenvalue weighted by molar-refractivity contribution is -0.117. The van der Waals surface area contributed by atoms with Crippen molar-refractivity contribution < 1.29 is 9.21 Å². The number of carbonyl (C=O) groups excluding carboxylic acids is 1. The molecule has 0 aliphatic rings. The van der Waals surface area contributed by atoms with Crippen molar-refractivity contribution in [1.29, 1.82) is 5.26 Å². The van der Waals surface area contributed by atoms with Crippen molar-refractivity contribution >= 4 is 12.0 Å². The SMILES string of the molecule is N#CC(=Cc1ccccc1)C(=O)NCc1ccco1. The normalized spacial score (nSPS) is 10.8. The Kier molecular flexibility index (Phi) is 4.14. The lowest BCUT2D eigenvalue weighted by atomic mass is 10.1. The van der Waals surface area contributed by atoms with E-state index in [9.17, 15) is 4.79 Å². The Hall–Kier alpha value is -2.80. The van der Waals surface area contributed by atoms with Crippen molar-refractivity contribution in [2.45, 2.75) is 6.54 Å². The predicted octanol–water partition coefficient (Wildman–Crippen LogP) is 2.50. The maximum absolute atomic E-state index is 11.8. The second-order valence-corrected chi connectivity index (χ2v) is 3.84. The van der Waals surface area contributed by atoms with E-state index in [1.54, 1.807) is 18.2 Å². The van der Waals surface area contributed by atoms with Gasteiger partial charge in [0, 0.05) is 0 Å². The Balaban J connectivity index is 2.04. The summed E-state index contributed by atoms with van der Waals surface area (Å²) in [6.45, 7) is 0.264. The van der Waals surface area contributed by atoms with E-state index in [1.165, 1.54) is 6.26 Å². The number of nitrogens with zero attached hydrogens (tertiary/aromatic N) is 1. The lowest BCUT2D eigenvalue weighted by Gasteiger charge is -2.01. The number of benzene rings is 1. The highest BCUT2D eigenvalue weighted by molar-refractivity contribution is 6.01. The average Bonchev–Trinajstić information content (AvgIpc) is 2.96. The number of furan rings is 1. The molecule has 0 aliphatic heterocycles. The maximum Gasteiger partial charge on any atom is 0.262 e. The smallest absolute Gasteiger partial charge is 0.262 e. The van der Waals surface area contributed by atoms with Gasteiger partial charge in [-0.3, -0.25) is 4.79 Å². The van der Waals surface area contributed by atoms with Crippen LogP contribution in [0.5, 0.6) is 0 Å². The van der Waals surface area contributed by atoms with Gasteiger partial charge < -0.3 is 9.73 Å². The Morgan fingerprint density at radius 2 is 2.05 bits per heavy atom. The first-order valence-corrected chi connectivity index (χ1v) is 5.77. The zero-order valence-corrected chi connectivity index (χ0v) is 10.2. The fourth-order valence-electron chi connectivity index (χ4n) is 1.54. The highest BCUT2D eigenvalue weighted by Crippen LogP contribution is 2.06. The molecular weight excluding hydrogens is 240 g/mol. The summed E-state index contributed by atoms with van der Waals surface area (Å²) in [6.07, 6.45) is 3.09. The van der Waals surface area contributed by atoms with Gasteiger partial charge in [-0.15, -0.1) is 0 Å². The number of hydrogen-bond donors (Lipinski definition) is 1. The number of rotatable bonds is 4. The van der Waals surface area contributed by atoms with E-state index in [-0.39, 0.29) is 12.1 Å². The van der Waals surface area contributed by atoms with Crippen molar-refractivity contribution in [3.05, 3.63) is 65.6 Å². The molecule has 0 bridgehead atoms. The van der Waals surface area contributed by atoms with Crippen molar-refractivity contribution in [3.8, 4) is 6.07 Å². The topological polar surface area (TPSA) is 66.0 Å². The highest BCUT2D eigenvalue weighted by atomic mass is 16.3. The zero-order valence-electron chi connectivity index (χ0n) is 10.2. The molecule has 1 aromatic heterocycles. The summed E-state index contributed by atoms with van der Waals surface area (Å²) in [4.78, 5) is 11.8. The third-order valence-electron chi connectivity index (χ3n) is 2.48. The monoisotopic (exact) mass is 252 g/mol. The Labute approximate surface area is 111 Å². The molecule has 2 aromatic rings. The first kappa shape index (κ1) is 12.7. The number of hydrogen-bond acceptors (Lipinski definition) is 3. The molecule has 2 rings (SSSR count). The van der Waals surface area contributed by atoms with Crippen LogP contribution in [0, 0.1) is 11.3 Å². The van der Waals surface area contributed by atoms with E-state index in [0.29, 0.717) is 5.76 Å². The fourth-order valence-corrected chi connectivity index (χ4v) is 1.54. The molecule has 0 saturated carbocycles. The molecule has 0 saturated heterocycles. The van der Waals surface area contributed by atoms with Crippen LogP contribution in [0.25, 0.3) is 6.08 Å². The average molecular weight is 252 g/mol. The standard InChI is InChI=1S/C15H12N2O2/c16-10-13(9-12-5-2-1-3-6-12)15(18)17-11-14-7-4-8-19-14/h1-9H,11H2,(H,17,18). The van der Waals surface area contributed by atoms with E-state index in [2.05, 4.69) is 5.32 Å². The van der Waals surface area contributed by atoms with Gasteiger partial charge in [-0.2, -0.15) is 5.26 Å². The van der Waals surface area contributed by atoms with Crippen molar-refractivity contribution in [3.63, 3.8) is 0 Å². The van der Waals surface area contributed by atoms with Crippen molar-refractivity contribution in [2.24, 2.45) is 0 Å². The summed E-state index contributed by atoms with van der Waals surface area (Å²) in [5.41, 5.74) is 0.880. The Morgan fingerprint density at radius 1 is 1.26 bits per heavy atom. The minimum absolute atomic E-state index is 0.0674. The van der Waals surface area contributed by atoms with E-state index in [0.717, 1.165) is 5.56 Å². The molecule has 94 valence electrons. The molecule has 4 nitrogen and oxygen atoms in total. The molecular formula is C15H12N2O2. The van der Waals surface area contributed by atoms with Gasteiger partial charge in [0.1, 0.15) is 17.4 Å². The minimum atomic E-state index is -0.414. The Bertz CT molecular complexity index is 607. The summed E-state index contributed by atoms with van der Waals surface area (Å²) < 4.78 is 5.10. The quantitative estimate of drug-likeness (QED) is 0.671. The first-order chi connectivity index (χ1) is 9.29. The first-order valence-electron chi connectivity index (χ1n) is 5.77. The van der Waals surface area contributed by atoms with Crippen LogP contribution >= 0.6 is 0 Å². The molecule has 1 heterocycles. The van der Waals surface area contributed by atoms with Crippen LogP contribution in [0.1, 0.15) is 11.3 Å². The summed E-state index contributed by atoms with van der Waals surface area (Å²) in [6, 6.07) is 14.6. The van der Waals surface area contributed by atoms with Crippen LogP contribution in [0.4, 0.5) is 0 Å². The van der Waals surface area contributed by atoms with Gasteiger partial charge in [-0.05, 0) is 23.8 Å². The summed E-state index contributed by atoms with van der Waals surface area (Å²) in [5, 5.41) is 11.6. The second kappa shape index (κ2) is 6.22. The van der Waals surface area contributed by atoms with Gasteiger partial charge in [0.15, 0.2) is 0 Å². The molecule has 0 spiro atoms. The van der Waals surface area contributed by atoms with Crippen LogP contribution < -0.4 is 5.32 Å². The molecule has 0 atom stereocenters. The zero-order chi connectivity index (χ0) is 13.5. The number of amides is 1. The van der Waals surface area contributed by atoms with Gasteiger partial charge in [-0.1, -0.05) is 30.3 Å². The fraction of sp³-hybridized carbons (Fsp3) is 0.0667. The molecule has 0 aliphatic carbocycles. The summed E-state index contributed by atoms with van der Waals surface area (Å²) >= 11 is 0. The molecule has 0 fully saturated rings. The predicted molar refractivity (Wildman–Crippen MR) is 70.6 cm³/mol. The van der Waals surface area contributed by atoms with E-state index >= 15 is 0 Å². The van der Waals surface area contributed by atoms with Crippen LogP contribution in [0.2, 0.25) is 0 Å². The second-order valence-electron chi connectivity index (χ2n) is 3.84. The number of carbonyl (C=O) groups is 1. The summed E-state index contributed by atoms with van der Waals surface area (Å²) in [7, 11) is 0. The Morgan fingerprint density at radius 3 is 2.68 bits per heavy atom. The molecule has 1 N–H and O–H groups in total. The number of nitrogens with one attached hydrogen (secondary N) is 1. The molecule has 1 amide bonds. The molecule has 1 aromatic carbocycles. The van der Waals surface area contributed by atoms with Crippen LogP contribution in [-0.2, 0) is 11.3 Å². The molecule has 0 radical (unpaired) electrons. The minimum Gasteiger partial charge on any atom is -0.467 e. The van der Waals surface area contributed by atoms with Gasteiger partial charge >= 0.3 is 0 Å². The lowest BCUT2D eigenvalue weighted by Crippen LogP contribution is -2.23. The van der Waals surface area contributed by atoms with Gasteiger partial charge in [0.2, 0.25) is 0 Å². The third-order valence-corrected chi connectivity index (χ3v) is 2.48. The number of nitriles is 1. The molecule has 19 heavy (non-hydrogen) atoms. The van der Waals surface area contributed by atoms with Crippen LogP contribution in [-0.4, -0.2) is 5.91 Å². The van der Waals surface area contributed by atoms with Crippen molar-refractivity contribution in [2.75, 3.05) is 0 Å². The largest absolute Gasteiger partial charge is 0.467 e. The highest BCUT2D eigenvalue weighted by Gasteiger charge is 2.09. The maximum atomic E-state index is 11.8. The van der Waals surface area contributed by atoms with E-state index in [1.807, 2.05) is 36.4 Å². The summed E-state index contributed by atoms with van der Waals surface area (Å²) in [5.74, 6) is 0.230. The van der Waals surface area contributed by atoms with E-state index < -0.39 is 5.91 Å². The van der Waals surface area contributed by atoms with Crippen molar-refractivity contribution in [1.82, 2.24) is 5.32 Å². The molecule has 4 heteroatoms. The third kappa shape index (κ3) is 3.58. The van der Waals surface area contributed by atoms with Gasteiger partial charge in [-0.25, -0.2) is 0 Å². The van der Waals surface area contributed by atoms with Crippen LogP contribution in [0.15, 0.2) is 58.7 Å². The van der Waals surface area contributed by atoms with E-state index in [4.69, 9.17) is 9.68 Å².